The van der Waals surface area contributed by atoms with Gasteiger partial charge in [0, 0.05) is 30.9 Å². The fourth-order valence-corrected chi connectivity index (χ4v) is 2.01. The third kappa shape index (κ3) is 2.88. The normalized spacial score (nSPS) is 16.0. The fraction of sp³-hybridized carbons (Fsp3) is 0.500. The van der Waals surface area contributed by atoms with Crippen LogP contribution in [0, 0.1) is 0 Å². The number of benzene rings is 1. The largest absolute Gasteiger partial charge is 0.496 e. The van der Waals surface area contributed by atoms with Crippen molar-refractivity contribution in [1.82, 2.24) is 5.48 Å². The van der Waals surface area contributed by atoms with Crippen molar-refractivity contribution in [3.05, 3.63) is 23.8 Å². The molecule has 94 valence electrons. The van der Waals surface area contributed by atoms with Crippen LogP contribution in [0.3, 0.4) is 0 Å². The first-order chi connectivity index (χ1) is 8.35. The molecule has 1 fully saturated rings. The summed E-state index contributed by atoms with van der Waals surface area (Å²) >= 11 is 0. The molecule has 1 saturated heterocycles. The zero-order valence-corrected chi connectivity index (χ0v) is 9.98. The Kier molecular flexibility index (Phi) is 4.19. The Morgan fingerprint density at radius 1 is 1.41 bits per heavy atom. The van der Waals surface area contributed by atoms with Gasteiger partial charge in [-0.3, -0.25) is 0 Å². The molecule has 0 aromatic heterocycles. The molecule has 0 saturated carbocycles. The Balaban J connectivity index is 2.19. The van der Waals surface area contributed by atoms with E-state index < -0.39 is 0 Å². The van der Waals surface area contributed by atoms with E-state index in [1.807, 2.05) is 18.2 Å². The maximum atomic E-state index is 8.80. The first-order valence-corrected chi connectivity index (χ1v) is 5.71. The highest BCUT2D eigenvalue weighted by Gasteiger charge is 2.13. The molecule has 0 radical (unpaired) electrons. The van der Waals surface area contributed by atoms with Crippen molar-refractivity contribution in [3.63, 3.8) is 0 Å². The quantitative estimate of drug-likeness (QED) is 0.767. The van der Waals surface area contributed by atoms with Gasteiger partial charge in [-0.2, -0.15) is 0 Å². The van der Waals surface area contributed by atoms with E-state index in [2.05, 4.69) is 10.4 Å². The van der Waals surface area contributed by atoms with E-state index >= 15 is 0 Å². The summed E-state index contributed by atoms with van der Waals surface area (Å²) in [7, 11) is 1.63. The van der Waals surface area contributed by atoms with Crippen LogP contribution in [-0.4, -0.2) is 38.6 Å². The van der Waals surface area contributed by atoms with Crippen LogP contribution in [0.5, 0.6) is 5.75 Å². The van der Waals surface area contributed by atoms with E-state index in [4.69, 9.17) is 14.7 Å². The van der Waals surface area contributed by atoms with Crippen molar-refractivity contribution in [2.75, 3.05) is 38.3 Å². The molecule has 1 aliphatic heterocycles. The van der Waals surface area contributed by atoms with Crippen LogP contribution in [-0.2, 0) is 11.3 Å². The van der Waals surface area contributed by atoms with E-state index in [0.29, 0.717) is 6.54 Å². The minimum atomic E-state index is 0.376. The second-order valence-corrected chi connectivity index (χ2v) is 3.93. The van der Waals surface area contributed by atoms with Crippen molar-refractivity contribution in [2.45, 2.75) is 6.54 Å². The van der Waals surface area contributed by atoms with Gasteiger partial charge in [0.15, 0.2) is 0 Å². The minimum Gasteiger partial charge on any atom is -0.496 e. The number of anilines is 1. The Bertz CT molecular complexity index is 365. The molecule has 5 nitrogen and oxygen atoms in total. The molecule has 0 amide bonds. The summed E-state index contributed by atoms with van der Waals surface area (Å²) in [6.45, 7) is 3.71. The van der Waals surface area contributed by atoms with Crippen molar-refractivity contribution in [3.8, 4) is 5.75 Å². The van der Waals surface area contributed by atoms with Crippen LogP contribution >= 0.6 is 0 Å². The minimum absolute atomic E-state index is 0.376. The van der Waals surface area contributed by atoms with E-state index in [9.17, 15) is 0 Å². The summed E-state index contributed by atoms with van der Waals surface area (Å²) in [4.78, 5) is 2.27. The highest BCUT2D eigenvalue weighted by Crippen LogP contribution is 2.25. The molecule has 0 bridgehead atoms. The summed E-state index contributed by atoms with van der Waals surface area (Å²) in [5.74, 6) is 0.781. The van der Waals surface area contributed by atoms with Crippen molar-refractivity contribution >= 4 is 5.69 Å². The summed E-state index contributed by atoms with van der Waals surface area (Å²) < 4.78 is 10.6. The SMILES string of the molecule is COc1ccc(N2CCOCC2)cc1CNO. The number of methoxy groups -OCH3 is 1. The first kappa shape index (κ1) is 12.2. The monoisotopic (exact) mass is 238 g/mol. The smallest absolute Gasteiger partial charge is 0.123 e. The number of rotatable bonds is 4. The van der Waals surface area contributed by atoms with Crippen LogP contribution < -0.4 is 15.1 Å². The van der Waals surface area contributed by atoms with Crippen LogP contribution in [0.1, 0.15) is 5.56 Å². The molecule has 1 aromatic carbocycles. The second kappa shape index (κ2) is 5.86. The lowest BCUT2D eigenvalue weighted by molar-refractivity contribution is 0.122. The number of hydrogen-bond acceptors (Lipinski definition) is 5. The van der Waals surface area contributed by atoms with Crippen LogP contribution in [0.2, 0.25) is 0 Å². The van der Waals surface area contributed by atoms with E-state index in [0.717, 1.165) is 43.3 Å². The Hall–Kier alpha value is -1.30. The highest BCUT2D eigenvalue weighted by atomic mass is 16.5. The molecular weight excluding hydrogens is 220 g/mol. The molecule has 5 heteroatoms. The van der Waals surface area contributed by atoms with Gasteiger partial charge in [-0.1, -0.05) is 0 Å². The Labute approximate surface area is 101 Å². The average molecular weight is 238 g/mol. The molecule has 0 spiro atoms. The molecule has 17 heavy (non-hydrogen) atoms. The molecule has 1 aromatic rings. The fourth-order valence-electron chi connectivity index (χ4n) is 2.01. The van der Waals surface area contributed by atoms with Gasteiger partial charge in [0.2, 0.25) is 0 Å². The Morgan fingerprint density at radius 3 is 2.82 bits per heavy atom. The molecular formula is C12H18N2O3. The summed E-state index contributed by atoms with van der Waals surface area (Å²) in [5, 5.41) is 8.80. The van der Waals surface area contributed by atoms with Gasteiger partial charge in [-0.25, -0.2) is 5.48 Å². The van der Waals surface area contributed by atoms with Gasteiger partial charge in [-0.15, -0.1) is 0 Å². The molecule has 0 atom stereocenters. The molecule has 0 unspecified atom stereocenters. The lowest BCUT2D eigenvalue weighted by Gasteiger charge is -2.29. The van der Waals surface area contributed by atoms with Gasteiger partial charge in [-0.05, 0) is 18.2 Å². The molecule has 2 rings (SSSR count). The predicted octanol–water partition coefficient (Wildman–Crippen LogP) is 1.01. The summed E-state index contributed by atoms with van der Waals surface area (Å²) in [6, 6.07) is 6.00. The summed E-state index contributed by atoms with van der Waals surface area (Å²) in [5.41, 5.74) is 4.25. The highest BCUT2D eigenvalue weighted by molar-refractivity contribution is 5.53. The number of morpholine rings is 1. The van der Waals surface area contributed by atoms with Gasteiger partial charge in [0.25, 0.3) is 0 Å². The van der Waals surface area contributed by atoms with Crippen molar-refractivity contribution in [2.24, 2.45) is 0 Å². The van der Waals surface area contributed by atoms with Crippen LogP contribution in [0.25, 0.3) is 0 Å². The van der Waals surface area contributed by atoms with Crippen LogP contribution in [0.15, 0.2) is 18.2 Å². The standard InChI is InChI=1S/C12H18N2O3/c1-16-12-3-2-11(8-10(12)9-13-15)14-4-6-17-7-5-14/h2-3,8,13,15H,4-7,9H2,1H3. The molecule has 1 aliphatic rings. The number of hydrogen-bond donors (Lipinski definition) is 2. The van der Waals surface area contributed by atoms with Crippen LogP contribution in [0.4, 0.5) is 5.69 Å². The van der Waals surface area contributed by atoms with Gasteiger partial charge in [0.05, 0.1) is 20.3 Å². The van der Waals surface area contributed by atoms with Crippen molar-refractivity contribution in [1.29, 1.82) is 0 Å². The third-order valence-electron chi connectivity index (χ3n) is 2.91. The van der Waals surface area contributed by atoms with Gasteiger partial charge in [0.1, 0.15) is 5.75 Å². The lowest BCUT2D eigenvalue weighted by Crippen LogP contribution is -2.36. The zero-order valence-electron chi connectivity index (χ0n) is 9.98. The topological polar surface area (TPSA) is 54.0 Å². The third-order valence-corrected chi connectivity index (χ3v) is 2.91. The van der Waals surface area contributed by atoms with Gasteiger partial charge >= 0.3 is 0 Å². The molecule has 2 N–H and O–H groups in total. The molecule has 0 aliphatic carbocycles. The van der Waals surface area contributed by atoms with Gasteiger partial charge < -0.3 is 19.6 Å². The predicted molar refractivity (Wildman–Crippen MR) is 64.7 cm³/mol. The van der Waals surface area contributed by atoms with E-state index in [-0.39, 0.29) is 0 Å². The first-order valence-electron chi connectivity index (χ1n) is 5.71. The lowest BCUT2D eigenvalue weighted by atomic mass is 10.1. The maximum absolute atomic E-state index is 8.80. The maximum Gasteiger partial charge on any atom is 0.123 e. The van der Waals surface area contributed by atoms with E-state index in [1.54, 1.807) is 7.11 Å². The van der Waals surface area contributed by atoms with Crippen molar-refractivity contribution < 1.29 is 14.7 Å². The number of hydroxylamine groups is 1. The zero-order chi connectivity index (χ0) is 12.1. The van der Waals surface area contributed by atoms with E-state index in [1.165, 1.54) is 0 Å². The number of nitrogens with one attached hydrogen (secondary N) is 1. The Morgan fingerprint density at radius 2 is 2.18 bits per heavy atom. The second-order valence-electron chi connectivity index (χ2n) is 3.93. The molecule has 1 heterocycles. The summed E-state index contributed by atoms with van der Waals surface area (Å²) in [6.07, 6.45) is 0. The number of nitrogens with zero attached hydrogens (tertiary/aromatic N) is 1. The number of ether oxygens (including phenoxy) is 2. The average Bonchev–Trinajstić information content (AvgIpc) is 2.40.